The van der Waals surface area contributed by atoms with E-state index in [4.69, 9.17) is 0 Å². The molecule has 0 saturated heterocycles. The standard InChI is InChI=1S/C24H25NO4S/c1-16(2)24-18(4)25(15-23(26)27)17(3)21(24)14-19-10-8-9-13-22(19)30(28,29)20-11-6-5-7-12-20/h5-13H,1,14-15H2,2-4H3,(H,26,27). The number of hydrogen-bond acceptors (Lipinski definition) is 3. The van der Waals surface area contributed by atoms with Gasteiger partial charge in [-0.3, -0.25) is 4.79 Å². The van der Waals surface area contributed by atoms with Crippen LogP contribution in [0.3, 0.4) is 0 Å². The van der Waals surface area contributed by atoms with Crippen LogP contribution in [0.15, 0.2) is 71.0 Å². The van der Waals surface area contributed by atoms with Crippen LogP contribution in [-0.4, -0.2) is 24.1 Å². The van der Waals surface area contributed by atoms with Gasteiger partial charge in [-0.15, -0.1) is 0 Å². The Bertz CT molecular complexity index is 1220. The second-order valence-corrected chi connectivity index (χ2v) is 9.30. The maximum atomic E-state index is 13.3. The third kappa shape index (κ3) is 3.96. The summed E-state index contributed by atoms with van der Waals surface area (Å²) >= 11 is 0. The average Bonchev–Trinajstić information content (AvgIpc) is 2.93. The Morgan fingerprint density at radius 3 is 2.20 bits per heavy atom. The molecule has 0 radical (unpaired) electrons. The van der Waals surface area contributed by atoms with Crippen molar-refractivity contribution in [2.75, 3.05) is 0 Å². The van der Waals surface area contributed by atoms with Gasteiger partial charge in [0.1, 0.15) is 6.54 Å². The maximum Gasteiger partial charge on any atom is 0.323 e. The fraction of sp³-hybridized carbons (Fsp3) is 0.208. The van der Waals surface area contributed by atoms with Crippen LogP contribution in [0, 0.1) is 13.8 Å². The Morgan fingerprint density at radius 2 is 1.60 bits per heavy atom. The minimum Gasteiger partial charge on any atom is -0.480 e. The summed E-state index contributed by atoms with van der Waals surface area (Å²) in [5.74, 6) is -0.928. The van der Waals surface area contributed by atoms with E-state index >= 15 is 0 Å². The van der Waals surface area contributed by atoms with Crippen molar-refractivity contribution >= 4 is 21.4 Å². The van der Waals surface area contributed by atoms with Gasteiger partial charge < -0.3 is 9.67 Å². The summed E-state index contributed by atoms with van der Waals surface area (Å²) in [5, 5.41) is 9.30. The molecule has 0 aliphatic heterocycles. The summed E-state index contributed by atoms with van der Waals surface area (Å²) < 4.78 is 28.3. The average molecular weight is 424 g/mol. The topological polar surface area (TPSA) is 76.4 Å². The molecule has 0 unspecified atom stereocenters. The first kappa shape index (κ1) is 21.6. The van der Waals surface area contributed by atoms with Gasteiger partial charge in [-0.2, -0.15) is 0 Å². The predicted octanol–water partition coefficient (Wildman–Crippen LogP) is 4.65. The third-order valence-corrected chi connectivity index (χ3v) is 7.18. The molecule has 2 aromatic carbocycles. The Hall–Kier alpha value is -3.12. The number of nitrogens with zero attached hydrogens (tertiary/aromatic N) is 1. The Kier molecular flexibility index (Phi) is 5.99. The summed E-state index contributed by atoms with van der Waals surface area (Å²) in [6, 6.07) is 15.3. The van der Waals surface area contributed by atoms with Gasteiger partial charge in [0.05, 0.1) is 9.79 Å². The molecule has 0 saturated carbocycles. The number of carboxylic acids is 1. The third-order valence-electron chi connectivity index (χ3n) is 5.31. The van der Waals surface area contributed by atoms with E-state index in [1.165, 1.54) is 0 Å². The number of allylic oxidation sites excluding steroid dienone is 1. The van der Waals surface area contributed by atoms with Crippen molar-refractivity contribution in [3.8, 4) is 0 Å². The van der Waals surface area contributed by atoms with Crippen LogP contribution in [0.25, 0.3) is 5.57 Å². The highest BCUT2D eigenvalue weighted by molar-refractivity contribution is 7.91. The van der Waals surface area contributed by atoms with E-state index in [0.29, 0.717) is 12.0 Å². The lowest BCUT2D eigenvalue weighted by molar-refractivity contribution is -0.137. The maximum absolute atomic E-state index is 13.3. The number of carbonyl (C=O) groups is 1. The molecule has 0 atom stereocenters. The van der Waals surface area contributed by atoms with Gasteiger partial charge in [0.15, 0.2) is 0 Å². The van der Waals surface area contributed by atoms with Gasteiger partial charge >= 0.3 is 5.97 Å². The number of carboxylic acid groups (broad SMARTS) is 1. The first-order valence-electron chi connectivity index (χ1n) is 9.59. The van der Waals surface area contributed by atoms with Gasteiger partial charge in [-0.1, -0.05) is 43.0 Å². The highest BCUT2D eigenvalue weighted by Gasteiger charge is 2.24. The lowest BCUT2D eigenvalue weighted by Crippen LogP contribution is -2.12. The number of hydrogen-bond donors (Lipinski definition) is 1. The number of aliphatic carboxylic acids is 1. The fourth-order valence-corrected chi connectivity index (χ4v) is 5.45. The quantitative estimate of drug-likeness (QED) is 0.600. The zero-order valence-electron chi connectivity index (χ0n) is 17.3. The molecule has 1 aromatic heterocycles. The predicted molar refractivity (Wildman–Crippen MR) is 117 cm³/mol. The minimum absolute atomic E-state index is 0.151. The van der Waals surface area contributed by atoms with Gasteiger partial charge in [-0.25, -0.2) is 8.42 Å². The van der Waals surface area contributed by atoms with E-state index in [1.807, 2.05) is 26.8 Å². The van der Waals surface area contributed by atoms with E-state index in [2.05, 4.69) is 6.58 Å². The molecule has 1 heterocycles. The van der Waals surface area contributed by atoms with E-state index in [1.54, 1.807) is 53.1 Å². The molecule has 0 amide bonds. The van der Waals surface area contributed by atoms with Crippen molar-refractivity contribution in [2.24, 2.45) is 0 Å². The molecule has 0 spiro atoms. The first-order chi connectivity index (χ1) is 14.1. The molecule has 0 fully saturated rings. The van der Waals surface area contributed by atoms with Crippen molar-refractivity contribution in [3.63, 3.8) is 0 Å². The molecule has 3 rings (SSSR count). The van der Waals surface area contributed by atoms with Crippen molar-refractivity contribution in [1.82, 2.24) is 4.57 Å². The lowest BCUT2D eigenvalue weighted by Gasteiger charge is -2.12. The second-order valence-electron chi connectivity index (χ2n) is 7.39. The molecular weight excluding hydrogens is 398 g/mol. The number of aromatic nitrogens is 1. The van der Waals surface area contributed by atoms with E-state index in [-0.39, 0.29) is 16.3 Å². The van der Waals surface area contributed by atoms with E-state index < -0.39 is 15.8 Å². The zero-order valence-corrected chi connectivity index (χ0v) is 18.2. The van der Waals surface area contributed by atoms with E-state index in [9.17, 15) is 18.3 Å². The Labute approximate surface area is 177 Å². The van der Waals surface area contributed by atoms with Crippen molar-refractivity contribution < 1.29 is 18.3 Å². The molecule has 156 valence electrons. The second kappa shape index (κ2) is 8.32. The van der Waals surface area contributed by atoms with Gasteiger partial charge in [0, 0.05) is 23.4 Å². The zero-order chi connectivity index (χ0) is 22.1. The van der Waals surface area contributed by atoms with Crippen LogP contribution >= 0.6 is 0 Å². The first-order valence-corrected chi connectivity index (χ1v) is 11.1. The molecule has 3 aromatic rings. The molecule has 1 N–H and O–H groups in total. The number of benzene rings is 2. The minimum atomic E-state index is -3.68. The largest absolute Gasteiger partial charge is 0.480 e. The van der Waals surface area contributed by atoms with Crippen LogP contribution in [-0.2, 0) is 27.6 Å². The van der Waals surface area contributed by atoms with Crippen LogP contribution in [0.1, 0.15) is 35.0 Å². The number of sulfone groups is 1. The summed E-state index contributed by atoms with van der Waals surface area (Å²) in [7, 11) is -3.68. The highest BCUT2D eigenvalue weighted by atomic mass is 32.2. The van der Waals surface area contributed by atoms with Gasteiger partial charge in [-0.05, 0) is 55.7 Å². The van der Waals surface area contributed by atoms with Gasteiger partial charge in [0.2, 0.25) is 9.84 Å². The van der Waals surface area contributed by atoms with Crippen LogP contribution in [0.5, 0.6) is 0 Å². The molecule has 0 aliphatic carbocycles. The normalized spacial score (nSPS) is 11.4. The smallest absolute Gasteiger partial charge is 0.323 e. The summed E-state index contributed by atoms with van der Waals surface area (Å²) in [5.41, 5.74) is 4.90. The molecule has 0 aliphatic rings. The van der Waals surface area contributed by atoms with Crippen LogP contribution in [0.2, 0.25) is 0 Å². The van der Waals surface area contributed by atoms with Crippen molar-refractivity contribution in [3.05, 3.63) is 89.3 Å². The lowest BCUT2D eigenvalue weighted by atomic mass is 9.97. The molecule has 30 heavy (non-hydrogen) atoms. The molecule has 6 heteroatoms. The summed E-state index contributed by atoms with van der Waals surface area (Å²) in [4.78, 5) is 11.8. The Balaban J connectivity index is 2.16. The fourth-order valence-electron chi connectivity index (χ4n) is 3.93. The van der Waals surface area contributed by atoms with E-state index in [0.717, 1.165) is 28.1 Å². The molecule has 5 nitrogen and oxygen atoms in total. The summed E-state index contributed by atoms with van der Waals surface area (Å²) in [6.07, 6.45) is 0.365. The van der Waals surface area contributed by atoms with Crippen molar-refractivity contribution in [1.29, 1.82) is 0 Å². The molecular formula is C24H25NO4S. The Morgan fingerprint density at radius 1 is 1.00 bits per heavy atom. The summed E-state index contributed by atoms with van der Waals surface area (Å²) in [6.45, 7) is 9.53. The van der Waals surface area contributed by atoms with Crippen LogP contribution in [0.4, 0.5) is 0 Å². The van der Waals surface area contributed by atoms with Crippen LogP contribution < -0.4 is 0 Å². The highest BCUT2D eigenvalue weighted by Crippen LogP contribution is 2.32. The molecule has 0 bridgehead atoms. The van der Waals surface area contributed by atoms with Gasteiger partial charge in [0.25, 0.3) is 0 Å². The van der Waals surface area contributed by atoms with Crippen molar-refractivity contribution in [2.45, 2.75) is 43.5 Å². The monoisotopic (exact) mass is 423 g/mol. The number of rotatable bonds is 7. The SMILES string of the molecule is C=C(C)c1c(Cc2ccccc2S(=O)(=O)c2ccccc2)c(C)n(CC(=O)O)c1C.